The number of carbonyl (C=O) groups is 1. The lowest BCUT2D eigenvalue weighted by molar-refractivity contribution is -0.386. The molecule has 0 aliphatic heterocycles. The Morgan fingerprint density at radius 3 is 2.59 bits per heavy atom. The maximum Gasteiger partial charge on any atom is 0.341 e. The molecule has 0 spiro atoms. The molecule has 0 aliphatic rings. The molecule has 17 heavy (non-hydrogen) atoms. The first-order valence-electron chi connectivity index (χ1n) is 4.12. The summed E-state index contributed by atoms with van der Waals surface area (Å²) < 4.78 is 29.8. The van der Waals surface area contributed by atoms with E-state index in [2.05, 4.69) is 9.72 Å². The van der Waals surface area contributed by atoms with Gasteiger partial charge in [-0.3, -0.25) is 10.1 Å². The fourth-order valence-electron chi connectivity index (χ4n) is 1.22. The third-order valence-corrected chi connectivity index (χ3v) is 1.89. The Kier molecular flexibility index (Phi) is 3.51. The van der Waals surface area contributed by atoms with Crippen LogP contribution in [0, 0.1) is 10.1 Å². The van der Waals surface area contributed by atoms with Gasteiger partial charge in [-0.05, 0) is 0 Å². The number of pyridine rings is 1. The van der Waals surface area contributed by atoms with E-state index in [0.717, 1.165) is 7.11 Å². The van der Waals surface area contributed by atoms with E-state index in [1.54, 1.807) is 0 Å². The van der Waals surface area contributed by atoms with Gasteiger partial charge >= 0.3 is 5.97 Å². The van der Waals surface area contributed by atoms with Crippen LogP contribution in [0.3, 0.4) is 0 Å². The molecule has 0 bridgehead atoms. The second kappa shape index (κ2) is 4.68. The van der Waals surface area contributed by atoms with Crippen molar-refractivity contribution in [3.63, 3.8) is 0 Å². The van der Waals surface area contributed by atoms with Crippen molar-refractivity contribution in [3.8, 4) is 5.88 Å². The number of methoxy groups -OCH3 is 1. The number of hydrogen-bond acceptors (Lipinski definition) is 5. The highest BCUT2D eigenvalue weighted by molar-refractivity contribution is 5.93. The van der Waals surface area contributed by atoms with Gasteiger partial charge in [-0.1, -0.05) is 0 Å². The number of aromatic nitrogens is 1. The van der Waals surface area contributed by atoms with Crippen LogP contribution in [0.15, 0.2) is 6.20 Å². The third kappa shape index (κ3) is 2.27. The molecule has 0 amide bonds. The molecule has 92 valence electrons. The lowest BCUT2D eigenvalue weighted by Gasteiger charge is -2.09. The van der Waals surface area contributed by atoms with Crippen molar-refractivity contribution >= 4 is 11.7 Å². The van der Waals surface area contributed by atoms with Crippen LogP contribution in [0.2, 0.25) is 0 Å². The van der Waals surface area contributed by atoms with Gasteiger partial charge in [0.2, 0.25) is 5.88 Å². The normalized spacial score (nSPS) is 10.4. The van der Waals surface area contributed by atoms with E-state index in [-0.39, 0.29) is 0 Å². The number of rotatable bonds is 4. The molecule has 1 N–H and O–H groups in total. The van der Waals surface area contributed by atoms with Gasteiger partial charge in [-0.15, -0.1) is 0 Å². The Morgan fingerprint density at radius 2 is 2.24 bits per heavy atom. The lowest BCUT2D eigenvalue weighted by atomic mass is 10.1. The van der Waals surface area contributed by atoms with E-state index in [9.17, 15) is 23.7 Å². The molecule has 1 rings (SSSR count). The molecule has 0 fully saturated rings. The second-order valence-corrected chi connectivity index (χ2v) is 2.80. The van der Waals surface area contributed by atoms with Gasteiger partial charge in [0.15, 0.2) is 0 Å². The van der Waals surface area contributed by atoms with Crippen LogP contribution >= 0.6 is 0 Å². The highest BCUT2D eigenvalue weighted by atomic mass is 19.3. The lowest BCUT2D eigenvalue weighted by Crippen LogP contribution is -2.10. The first-order chi connectivity index (χ1) is 7.90. The number of halogens is 2. The summed E-state index contributed by atoms with van der Waals surface area (Å²) in [5.74, 6) is -2.37. The molecule has 0 aliphatic carbocycles. The maximum absolute atomic E-state index is 12.7. The minimum atomic E-state index is -3.32. The molecule has 0 saturated carbocycles. The smallest absolute Gasteiger partial charge is 0.341 e. The Balaban J connectivity index is 3.65. The van der Waals surface area contributed by atoms with Crippen molar-refractivity contribution in [2.24, 2.45) is 0 Å². The summed E-state index contributed by atoms with van der Waals surface area (Å²) in [4.78, 5) is 23.5. The second-order valence-electron chi connectivity index (χ2n) is 2.80. The Hall–Kier alpha value is -2.32. The predicted molar refractivity (Wildman–Crippen MR) is 49.4 cm³/mol. The van der Waals surface area contributed by atoms with Gasteiger partial charge in [0.1, 0.15) is 17.3 Å². The quantitative estimate of drug-likeness (QED) is 0.641. The molecular weight excluding hydrogens is 242 g/mol. The van der Waals surface area contributed by atoms with E-state index in [0.29, 0.717) is 6.20 Å². The van der Waals surface area contributed by atoms with Crippen molar-refractivity contribution in [2.45, 2.75) is 6.43 Å². The van der Waals surface area contributed by atoms with Crippen LogP contribution in [0.1, 0.15) is 22.3 Å². The summed E-state index contributed by atoms with van der Waals surface area (Å²) in [7, 11) is 1.02. The van der Waals surface area contributed by atoms with Gasteiger partial charge < -0.3 is 9.84 Å². The zero-order valence-electron chi connectivity index (χ0n) is 8.39. The average Bonchev–Trinajstić information content (AvgIpc) is 2.26. The van der Waals surface area contributed by atoms with Crippen LogP contribution in [0.4, 0.5) is 14.5 Å². The van der Waals surface area contributed by atoms with E-state index in [1.807, 2.05) is 0 Å². The molecule has 1 aromatic rings. The average molecular weight is 248 g/mol. The summed E-state index contributed by atoms with van der Waals surface area (Å²) in [6, 6.07) is 0. The highest BCUT2D eigenvalue weighted by Gasteiger charge is 2.32. The first-order valence-corrected chi connectivity index (χ1v) is 4.12. The predicted octanol–water partition coefficient (Wildman–Crippen LogP) is 1.63. The Labute approximate surface area is 92.8 Å². The summed E-state index contributed by atoms with van der Waals surface area (Å²) in [6.07, 6.45) is -2.79. The molecule has 0 unspecified atom stereocenters. The van der Waals surface area contributed by atoms with E-state index < -0.39 is 40.0 Å². The van der Waals surface area contributed by atoms with Crippen LogP contribution in [-0.4, -0.2) is 28.1 Å². The molecule has 1 heterocycles. The molecule has 0 aromatic carbocycles. The number of carboxylic acid groups (broad SMARTS) is 1. The molecular formula is C8H6F2N2O5. The van der Waals surface area contributed by atoms with Crippen LogP contribution in [0.5, 0.6) is 5.88 Å². The van der Waals surface area contributed by atoms with Gasteiger partial charge in [-0.25, -0.2) is 18.6 Å². The summed E-state index contributed by atoms with van der Waals surface area (Å²) in [5.41, 5.74) is -3.27. The molecule has 1 aromatic heterocycles. The number of hydrogen-bond donors (Lipinski definition) is 1. The van der Waals surface area contributed by atoms with Gasteiger partial charge in [0.05, 0.1) is 12.0 Å². The van der Waals surface area contributed by atoms with E-state index in [4.69, 9.17) is 5.11 Å². The monoisotopic (exact) mass is 248 g/mol. The van der Waals surface area contributed by atoms with E-state index >= 15 is 0 Å². The Morgan fingerprint density at radius 1 is 1.65 bits per heavy atom. The topological polar surface area (TPSA) is 103 Å². The first kappa shape index (κ1) is 12.7. The summed E-state index contributed by atoms with van der Waals surface area (Å²) >= 11 is 0. The number of nitrogens with zero attached hydrogens (tertiary/aromatic N) is 2. The van der Waals surface area contributed by atoms with E-state index in [1.165, 1.54) is 0 Å². The third-order valence-electron chi connectivity index (χ3n) is 1.89. The number of ether oxygens (including phenoxy) is 1. The minimum Gasteiger partial charge on any atom is -0.480 e. The van der Waals surface area contributed by atoms with Gasteiger partial charge in [0, 0.05) is 0 Å². The Bertz CT molecular complexity index is 477. The number of alkyl halides is 2. The number of carboxylic acids is 1. The zero-order valence-corrected chi connectivity index (χ0v) is 8.39. The molecule has 0 atom stereocenters. The number of aromatic carboxylic acids is 1. The fraction of sp³-hybridized carbons (Fsp3) is 0.250. The fourth-order valence-corrected chi connectivity index (χ4v) is 1.22. The van der Waals surface area contributed by atoms with Crippen LogP contribution in [-0.2, 0) is 0 Å². The minimum absolute atomic E-state index is 0.534. The highest BCUT2D eigenvalue weighted by Crippen LogP contribution is 2.35. The molecule has 0 saturated heterocycles. The van der Waals surface area contributed by atoms with Crippen molar-refractivity contribution in [1.29, 1.82) is 0 Å². The van der Waals surface area contributed by atoms with Crippen LogP contribution < -0.4 is 4.74 Å². The number of nitro groups is 1. The van der Waals surface area contributed by atoms with Crippen molar-refractivity contribution in [3.05, 3.63) is 27.4 Å². The van der Waals surface area contributed by atoms with Gasteiger partial charge in [0.25, 0.3) is 12.1 Å². The standard InChI is InChI=1S/C8H6F2N2O5/c1-17-7-5(8(13)14)4(6(9)10)3(2-11-7)12(15)16/h2,6H,1H3,(H,13,14). The molecule has 7 nitrogen and oxygen atoms in total. The molecule has 9 heteroatoms. The summed E-state index contributed by atoms with van der Waals surface area (Å²) in [5, 5.41) is 19.3. The summed E-state index contributed by atoms with van der Waals surface area (Å²) in [6.45, 7) is 0. The van der Waals surface area contributed by atoms with Crippen LogP contribution in [0.25, 0.3) is 0 Å². The van der Waals surface area contributed by atoms with Crippen molar-refractivity contribution in [1.82, 2.24) is 4.98 Å². The zero-order chi connectivity index (χ0) is 13.2. The van der Waals surface area contributed by atoms with Crippen molar-refractivity contribution < 1.29 is 28.3 Å². The van der Waals surface area contributed by atoms with Gasteiger partial charge in [-0.2, -0.15) is 0 Å². The van der Waals surface area contributed by atoms with Crippen molar-refractivity contribution in [2.75, 3.05) is 7.11 Å². The SMILES string of the molecule is COc1ncc([N+](=O)[O-])c(C(F)F)c1C(=O)O. The molecule has 0 radical (unpaired) electrons. The largest absolute Gasteiger partial charge is 0.480 e. The maximum atomic E-state index is 12.7.